The highest BCUT2D eigenvalue weighted by Crippen LogP contribution is 2.34. The molecule has 2 amide bonds. The number of aromatic carboxylic acids is 1. The summed E-state index contributed by atoms with van der Waals surface area (Å²) in [5.41, 5.74) is 15.2. The van der Waals surface area contributed by atoms with Gasteiger partial charge in [0.2, 0.25) is 11.8 Å². The lowest BCUT2D eigenvalue weighted by Gasteiger charge is -2.21. The van der Waals surface area contributed by atoms with Gasteiger partial charge in [-0.1, -0.05) is 62.4 Å². The molecule has 0 aliphatic carbocycles. The zero-order chi connectivity index (χ0) is 41.7. The van der Waals surface area contributed by atoms with E-state index in [1.807, 2.05) is 72.2 Å². The fourth-order valence-electron chi connectivity index (χ4n) is 8.21. The number of nitrogens with two attached hydrogens (primary N) is 1. The van der Waals surface area contributed by atoms with E-state index in [1.165, 1.54) is 11.1 Å². The molecule has 10 nitrogen and oxygen atoms in total. The Morgan fingerprint density at radius 3 is 1.44 bits per heavy atom. The van der Waals surface area contributed by atoms with Crippen LogP contribution in [0.3, 0.4) is 0 Å². The molecule has 2 fully saturated rings. The monoisotopic (exact) mass is 801 g/mol. The van der Waals surface area contributed by atoms with E-state index in [0.717, 1.165) is 136 Å². The lowest BCUT2D eigenvalue weighted by Crippen LogP contribution is -2.27. The van der Waals surface area contributed by atoms with Gasteiger partial charge in [0.15, 0.2) is 5.78 Å². The van der Waals surface area contributed by atoms with Crippen LogP contribution >= 0.6 is 0 Å². The van der Waals surface area contributed by atoms with Crippen molar-refractivity contribution in [2.45, 2.75) is 78.1 Å². The average Bonchev–Trinajstić information content (AvgIpc) is 3.93. The first-order valence-electron chi connectivity index (χ1n) is 21.4. The van der Waals surface area contributed by atoms with Gasteiger partial charge in [0.05, 0.1) is 5.56 Å². The summed E-state index contributed by atoms with van der Waals surface area (Å²) in [5.74, 6) is 0.999. The number of amides is 2. The number of carboxylic acid groups (broad SMARTS) is 1. The Morgan fingerprint density at radius 2 is 1.03 bits per heavy atom. The van der Waals surface area contributed by atoms with Crippen LogP contribution in [0.5, 0.6) is 0 Å². The SMILES string of the molecule is CCC(=O)N1CCc2cc(-c3ccc(C(=O)CCC4CCOCC4)cc3)ccc21.CCC(=O)N1CCc2cc(-c3ccc(C(=O)O)cc3)ccc21.NCC1CCOCC1. The maximum Gasteiger partial charge on any atom is 0.335 e. The smallest absolute Gasteiger partial charge is 0.335 e. The van der Waals surface area contributed by atoms with Crippen molar-refractivity contribution in [2.75, 3.05) is 55.9 Å². The number of ether oxygens (including phenoxy) is 2. The number of ketones is 1. The van der Waals surface area contributed by atoms with Crippen molar-refractivity contribution in [3.63, 3.8) is 0 Å². The third kappa shape index (κ3) is 11.3. The lowest BCUT2D eigenvalue weighted by atomic mass is 9.92. The molecule has 0 radical (unpaired) electrons. The summed E-state index contributed by atoms with van der Waals surface area (Å²) < 4.78 is 10.5. The second-order valence-corrected chi connectivity index (χ2v) is 15.8. The van der Waals surface area contributed by atoms with Gasteiger partial charge in [0.25, 0.3) is 0 Å². The van der Waals surface area contributed by atoms with Gasteiger partial charge in [-0.2, -0.15) is 0 Å². The molecule has 312 valence electrons. The van der Waals surface area contributed by atoms with Crippen molar-refractivity contribution in [2.24, 2.45) is 17.6 Å². The second kappa shape index (κ2) is 21.2. The summed E-state index contributed by atoms with van der Waals surface area (Å²) in [6.45, 7) is 9.62. The minimum absolute atomic E-state index is 0.150. The predicted molar refractivity (Wildman–Crippen MR) is 233 cm³/mol. The van der Waals surface area contributed by atoms with Crippen molar-refractivity contribution in [3.05, 3.63) is 107 Å². The highest BCUT2D eigenvalue weighted by molar-refractivity contribution is 5.98. The Morgan fingerprint density at radius 1 is 0.610 bits per heavy atom. The number of rotatable bonds is 10. The highest BCUT2D eigenvalue weighted by atomic mass is 16.5. The van der Waals surface area contributed by atoms with E-state index in [0.29, 0.717) is 25.2 Å². The molecule has 4 aliphatic heterocycles. The molecule has 10 heteroatoms. The predicted octanol–water partition coefficient (Wildman–Crippen LogP) is 8.76. The van der Waals surface area contributed by atoms with Gasteiger partial charge in [-0.15, -0.1) is 0 Å². The van der Waals surface area contributed by atoms with E-state index < -0.39 is 5.97 Å². The molecule has 0 atom stereocenters. The van der Waals surface area contributed by atoms with Gasteiger partial charge in [0, 0.05) is 75.7 Å². The van der Waals surface area contributed by atoms with Crippen molar-refractivity contribution in [3.8, 4) is 22.3 Å². The van der Waals surface area contributed by atoms with Crippen molar-refractivity contribution in [1.82, 2.24) is 0 Å². The molecule has 0 saturated carbocycles. The zero-order valence-electron chi connectivity index (χ0n) is 34.6. The Balaban J connectivity index is 0.000000171. The minimum atomic E-state index is -0.922. The van der Waals surface area contributed by atoms with Gasteiger partial charge in [-0.25, -0.2) is 4.79 Å². The second-order valence-electron chi connectivity index (χ2n) is 15.8. The molecule has 4 heterocycles. The van der Waals surface area contributed by atoms with Crippen molar-refractivity contribution < 1.29 is 33.8 Å². The number of hydrogen-bond donors (Lipinski definition) is 2. The number of Topliss-reactive ketones (excluding diaryl/α,β-unsaturated/α-hetero) is 1. The van der Waals surface area contributed by atoms with Crippen LogP contribution in [0.2, 0.25) is 0 Å². The quantitative estimate of drug-likeness (QED) is 0.152. The molecule has 4 aliphatic rings. The standard InChI is InChI=1S/C25H29NO3.C18H17NO3.C6H13NO/c1-2-25(28)26-14-11-22-17-21(8-9-23(22)26)19-4-6-20(7-5-19)24(27)10-3-18-12-15-29-16-13-18;1-2-17(20)19-10-9-15-11-14(7-8-16(15)19)12-3-5-13(6-4-12)18(21)22;7-5-6-1-3-8-4-2-6/h4-9,17-18H,2-3,10-16H2,1H3;3-8,11H,2,9-10H2,1H3,(H,21,22);6H,1-5,7H2. The van der Waals surface area contributed by atoms with Gasteiger partial charge < -0.3 is 30.1 Å². The largest absolute Gasteiger partial charge is 0.478 e. The van der Waals surface area contributed by atoms with Crippen molar-refractivity contribution >= 4 is 34.9 Å². The van der Waals surface area contributed by atoms with E-state index >= 15 is 0 Å². The number of nitrogens with zero attached hydrogens (tertiary/aromatic N) is 2. The van der Waals surface area contributed by atoms with Crippen LogP contribution in [0, 0.1) is 11.8 Å². The Bertz CT molecular complexity index is 2050. The third-order valence-electron chi connectivity index (χ3n) is 12.0. The first-order valence-corrected chi connectivity index (χ1v) is 21.4. The number of carbonyl (C=O) groups excluding carboxylic acids is 3. The molecule has 4 aromatic rings. The Labute approximate surface area is 348 Å². The molecule has 0 bridgehead atoms. The van der Waals surface area contributed by atoms with E-state index in [9.17, 15) is 19.2 Å². The first kappa shape index (κ1) is 43.4. The minimum Gasteiger partial charge on any atom is -0.478 e. The lowest BCUT2D eigenvalue weighted by molar-refractivity contribution is -0.119. The van der Waals surface area contributed by atoms with Crippen LogP contribution < -0.4 is 15.5 Å². The van der Waals surface area contributed by atoms with E-state index in [4.69, 9.17) is 20.3 Å². The topological polar surface area (TPSA) is 139 Å². The molecule has 4 aromatic carbocycles. The summed E-state index contributed by atoms with van der Waals surface area (Å²) in [4.78, 5) is 51.1. The van der Waals surface area contributed by atoms with E-state index in [1.54, 1.807) is 12.1 Å². The molecule has 2 saturated heterocycles. The fraction of sp³-hybridized carbons (Fsp3) is 0.429. The van der Waals surface area contributed by atoms with Crippen molar-refractivity contribution in [1.29, 1.82) is 0 Å². The van der Waals surface area contributed by atoms with E-state index in [2.05, 4.69) is 24.3 Å². The van der Waals surface area contributed by atoms with Gasteiger partial charge in [-0.05, 0) is 133 Å². The highest BCUT2D eigenvalue weighted by Gasteiger charge is 2.25. The molecule has 0 unspecified atom stereocenters. The number of anilines is 2. The number of carbonyl (C=O) groups is 4. The molecule has 3 N–H and O–H groups in total. The molecule has 0 aromatic heterocycles. The molecule has 0 spiro atoms. The summed E-state index contributed by atoms with van der Waals surface area (Å²) in [5, 5.41) is 8.94. The molecule has 59 heavy (non-hydrogen) atoms. The molecule has 8 rings (SSSR count). The summed E-state index contributed by atoms with van der Waals surface area (Å²) in [6.07, 6.45) is 8.86. The van der Waals surface area contributed by atoms with Crippen LogP contribution in [0.1, 0.15) is 97.1 Å². The maximum atomic E-state index is 12.5. The summed E-state index contributed by atoms with van der Waals surface area (Å²) >= 11 is 0. The Kier molecular flexibility index (Phi) is 15.6. The molecular weight excluding hydrogens is 743 g/mol. The van der Waals surface area contributed by atoms with Crippen LogP contribution in [-0.2, 0) is 31.9 Å². The normalized spacial score (nSPS) is 16.3. The van der Waals surface area contributed by atoms with Crippen LogP contribution in [0.15, 0.2) is 84.9 Å². The Hall–Kier alpha value is -5.16. The fourth-order valence-corrected chi connectivity index (χ4v) is 8.21. The molecular formula is C49H59N3O7. The number of benzene rings is 4. The zero-order valence-corrected chi connectivity index (χ0v) is 34.6. The number of hydrogen-bond acceptors (Lipinski definition) is 7. The van der Waals surface area contributed by atoms with Crippen LogP contribution in [-0.4, -0.2) is 74.7 Å². The summed E-state index contributed by atoms with van der Waals surface area (Å²) in [6, 6.07) is 27.2. The van der Waals surface area contributed by atoms with Gasteiger partial charge in [0.1, 0.15) is 0 Å². The number of carboxylic acids is 1. The van der Waals surface area contributed by atoms with Gasteiger partial charge in [-0.3, -0.25) is 14.4 Å². The first-order chi connectivity index (χ1) is 28.7. The van der Waals surface area contributed by atoms with Crippen LogP contribution in [0.4, 0.5) is 11.4 Å². The summed E-state index contributed by atoms with van der Waals surface area (Å²) in [7, 11) is 0. The van der Waals surface area contributed by atoms with E-state index in [-0.39, 0.29) is 23.2 Å². The van der Waals surface area contributed by atoms with Gasteiger partial charge >= 0.3 is 5.97 Å². The average molecular weight is 802 g/mol. The third-order valence-corrected chi connectivity index (χ3v) is 12.0. The maximum absolute atomic E-state index is 12.5. The van der Waals surface area contributed by atoms with Crippen LogP contribution in [0.25, 0.3) is 22.3 Å². The number of fused-ring (bicyclic) bond motifs is 2.